The van der Waals surface area contributed by atoms with Crippen LogP contribution in [0.5, 0.6) is 0 Å². The molecule has 0 unspecified atom stereocenters. The lowest BCUT2D eigenvalue weighted by Crippen LogP contribution is -2.51. The van der Waals surface area contributed by atoms with Gasteiger partial charge in [-0.05, 0) is 24.5 Å². The third-order valence-electron chi connectivity index (χ3n) is 5.10. The zero-order valence-corrected chi connectivity index (χ0v) is 14.1. The Balaban J connectivity index is 1.58. The molecule has 4 heterocycles. The number of likely N-dealkylation sites (tertiary alicyclic amines) is 1. The minimum atomic E-state index is -0.0813. The smallest absolute Gasteiger partial charge is 0.292 e. The number of amides is 1. The van der Waals surface area contributed by atoms with Crippen molar-refractivity contribution in [2.45, 2.75) is 24.9 Å². The van der Waals surface area contributed by atoms with Crippen molar-refractivity contribution >= 4 is 5.91 Å². The van der Waals surface area contributed by atoms with Crippen LogP contribution in [0.15, 0.2) is 41.3 Å². The Labute approximate surface area is 146 Å². The molecule has 2 aliphatic rings. The lowest BCUT2D eigenvalue weighted by Gasteiger charge is -2.37. The highest BCUT2D eigenvalue weighted by atomic mass is 16.5. The minimum Gasteiger partial charge on any atom is -0.379 e. The number of carbonyl (C=O) groups is 1. The van der Waals surface area contributed by atoms with Crippen LogP contribution in [-0.4, -0.2) is 70.8 Å². The molecule has 25 heavy (non-hydrogen) atoms. The summed E-state index contributed by atoms with van der Waals surface area (Å²) < 4.78 is 10.6. The molecule has 2 aromatic rings. The maximum absolute atomic E-state index is 12.9. The Morgan fingerprint density at radius 1 is 1.20 bits per heavy atom. The number of ether oxygens (including phenoxy) is 1. The molecule has 0 aromatic carbocycles. The number of pyridine rings is 1. The van der Waals surface area contributed by atoms with Crippen molar-refractivity contribution in [1.29, 1.82) is 0 Å². The van der Waals surface area contributed by atoms with Crippen molar-refractivity contribution < 1.29 is 14.1 Å². The van der Waals surface area contributed by atoms with E-state index in [4.69, 9.17) is 9.26 Å². The Morgan fingerprint density at radius 3 is 2.80 bits per heavy atom. The third-order valence-corrected chi connectivity index (χ3v) is 5.10. The standard InChI is InChI=1S/C18H22N4O3/c23-18(17-3-6-20-25-17)22-7-4-15(21-8-10-24-11-9-21)16(22)12-14-2-1-5-19-13-14/h1-3,5-6,13,15-16H,4,7-12H2/t15-,16+/m0/s1. The molecule has 1 amide bonds. The second-order valence-electron chi connectivity index (χ2n) is 6.51. The molecule has 0 spiro atoms. The predicted octanol–water partition coefficient (Wildman–Crippen LogP) is 1.23. The summed E-state index contributed by atoms with van der Waals surface area (Å²) >= 11 is 0. The summed E-state index contributed by atoms with van der Waals surface area (Å²) in [7, 11) is 0. The van der Waals surface area contributed by atoms with E-state index in [9.17, 15) is 4.79 Å². The van der Waals surface area contributed by atoms with Crippen LogP contribution in [0, 0.1) is 0 Å². The largest absolute Gasteiger partial charge is 0.379 e. The van der Waals surface area contributed by atoms with Crippen LogP contribution in [0.3, 0.4) is 0 Å². The summed E-state index contributed by atoms with van der Waals surface area (Å²) in [5.74, 6) is 0.223. The van der Waals surface area contributed by atoms with Crippen molar-refractivity contribution in [1.82, 2.24) is 19.9 Å². The molecule has 7 heteroatoms. The Morgan fingerprint density at radius 2 is 2.08 bits per heavy atom. The Bertz CT molecular complexity index is 686. The molecule has 2 fully saturated rings. The van der Waals surface area contributed by atoms with E-state index in [1.807, 2.05) is 17.2 Å². The highest BCUT2D eigenvalue weighted by Crippen LogP contribution is 2.28. The summed E-state index contributed by atoms with van der Waals surface area (Å²) in [6, 6.07) is 6.07. The van der Waals surface area contributed by atoms with Crippen molar-refractivity contribution in [3.8, 4) is 0 Å². The van der Waals surface area contributed by atoms with E-state index in [-0.39, 0.29) is 11.9 Å². The first-order valence-electron chi connectivity index (χ1n) is 8.75. The quantitative estimate of drug-likeness (QED) is 0.832. The second kappa shape index (κ2) is 7.33. The van der Waals surface area contributed by atoms with E-state index < -0.39 is 0 Å². The SMILES string of the molecule is O=C(c1ccno1)N1CC[C@H](N2CCOCC2)[C@H]1Cc1cccnc1. The van der Waals surface area contributed by atoms with Gasteiger partial charge in [-0.25, -0.2) is 0 Å². The minimum absolute atomic E-state index is 0.0813. The number of morpholine rings is 1. The summed E-state index contributed by atoms with van der Waals surface area (Å²) in [4.78, 5) is 21.5. The Hall–Kier alpha value is -2.25. The molecule has 132 valence electrons. The van der Waals surface area contributed by atoms with Crippen LogP contribution < -0.4 is 0 Å². The predicted molar refractivity (Wildman–Crippen MR) is 90.1 cm³/mol. The third kappa shape index (κ3) is 3.43. The maximum atomic E-state index is 12.9. The van der Waals surface area contributed by atoms with Crippen LogP contribution in [-0.2, 0) is 11.2 Å². The molecule has 0 N–H and O–H groups in total. The number of hydrogen-bond donors (Lipinski definition) is 0. The van der Waals surface area contributed by atoms with Crippen molar-refractivity contribution in [3.63, 3.8) is 0 Å². The molecule has 0 bridgehead atoms. The van der Waals surface area contributed by atoms with Gasteiger partial charge in [-0.15, -0.1) is 0 Å². The van der Waals surface area contributed by atoms with Gasteiger partial charge in [0.2, 0.25) is 5.76 Å². The van der Waals surface area contributed by atoms with Crippen molar-refractivity contribution in [3.05, 3.63) is 48.1 Å². The topological polar surface area (TPSA) is 71.7 Å². The summed E-state index contributed by atoms with van der Waals surface area (Å²) in [5.41, 5.74) is 1.14. The van der Waals surface area contributed by atoms with Crippen LogP contribution in [0.2, 0.25) is 0 Å². The first kappa shape index (κ1) is 16.2. The van der Waals surface area contributed by atoms with E-state index >= 15 is 0 Å². The van der Waals surface area contributed by atoms with Gasteiger partial charge in [0, 0.05) is 44.1 Å². The molecule has 2 aliphatic heterocycles. The average Bonchev–Trinajstić information content (AvgIpc) is 3.33. The molecule has 4 rings (SSSR count). The molecule has 2 atom stereocenters. The van der Waals surface area contributed by atoms with Gasteiger partial charge in [0.05, 0.1) is 25.5 Å². The fraction of sp³-hybridized carbons (Fsp3) is 0.500. The van der Waals surface area contributed by atoms with Crippen LogP contribution in [0.1, 0.15) is 22.5 Å². The fourth-order valence-electron chi connectivity index (χ4n) is 3.90. The lowest BCUT2D eigenvalue weighted by molar-refractivity contribution is 0.00834. The van der Waals surface area contributed by atoms with E-state index in [2.05, 4.69) is 21.1 Å². The number of carbonyl (C=O) groups excluding carboxylic acids is 1. The van der Waals surface area contributed by atoms with Gasteiger partial charge in [0.15, 0.2) is 0 Å². The van der Waals surface area contributed by atoms with Gasteiger partial charge in [-0.2, -0.15) is 0 Å². The fourth-order valence-corrected chi connectivity index (χ4v) is 3.90. The van der Waals surface area contributed by atoms with Gasteiger partial charge in [-0.1, -0.05) is 11.2 Å². The normalized spacial score (nSPS) is 24.6. The van der Waals surface area contributed by atoms with Crippen LogP contribution in [0.25, 0.3) is 0 Å². The van der Waals surface area contributed by atoms with Gasteiger partial charge >= 0.3 is 0 Å². The molecular formula is C18H22N4O3. The zero-order valence-electron chi connectivity index (χ0n) is 14.1. The number of rotatable bonds is 4. The van der Waals surface area contributed by atoms with E-state index in [0.717, 1.165) is 51.3 Å². The zero-order chi connectivity index (χ0) is 17.1. The molecular weight excluding hydrogens is 320 g/mol. The lowest BCUT2D eigenvalue weighted by atomic mass is 9.99. The number of nitrogens with zero attached hydrogens (tertiary/aromatic N) is 4. The van der Waals surface area contributed by atoms with Crippen LogP contribution >= 0.6 is 0 Å². The van der Waals surface area contributed by atoms with Gasteiger partial charge in [0.1, 0.15) is 0 Å². The Kier molecular flexibility index (Phi) is 4.76. The van der Waals surface area contributed by atoms with Crippen molar-refractivity contribution in [2.75, 3.05) is 32.8 Å². The molecule has 0 radical (unpaired) electrons. The van der Waals surface area contributed by atoms with Crippen molar-refractivity contribution in [2.24, 2.45) is 0 Å². The first-order chi connectivity index (χ1) is 12.3. The van der Waals surface area contributed by atoms with E-state index in [1.54, 1.807) is 12.3 Å². The van der Waals surface area contributed by atoms with Gasteiger partial charge in [0.25, 0.3) is 5.91 Å². The molecule has 0 saturated carbocycles. The van der Waals surface area contributed by atoms with E-state index in [0.29, 0.717) is 11.8 Å². The molecule has 0 aliphatic carbocycles. The maximum Gasteiger partial charge on any atom is 0.292 e. The van der Waals surface area contributed by atoms with Gasteiger partial charge < -0.3 is 14.2 Å². The monoisotopic (exact) mass is 342 g/mol. The first-order valence-corrected chi connectivity index (χ1v) is 8.75. The van der Waals surface area contributed by atoms with E-state index in [1.165, 1.54) is 6.20 Å². The van der Waals surface area contributed by atoms with Gasteiger partial charge in [-0.3, -0.25) is 14.7 Å². The summed E-state index contributed by atoms with van der Waals surface area (Å²) in [6.45, 7) is 4.07. The molecule has 2 saturated heterocycles. The molecule has 2 aromatic heterocycles. The molecule has 7 nitrogen and oxygen atoms in total. The average molecular weight is 342 g/mol. The summed E-state index contributed by atoms with van der Waals surface area (Å²) in [5, 5.41) is 3.67. The summed E-state index contributed by atoms with van der Waals surface area (Å²) in [6.07, 6.45) is 6.92. The number of hydrogen-bond acceptors (Lipinski definition) is 6. The number of aromatic nitrogens is 2. The highest BCUT2D eigenvalue weighted by Gasteiger charge is 2.41. The van der Waals surface area contributed by atoms with Crippen LogP contribution in [0.4, 0.5) is 0 Å². The second-order valence-corrected chi connectivity index (χ2v) is 6.51. The highest BCUT2D eigenvalue weighted by molar-refractivity contribution is 5.91.